The molecule has 7 nitrogen and oxygen atoms in total. The van der Waals surface area contributed by atoms with Crippen molar-refractivity contribution in [3.8, 4) is 0 Å². The molecular weight excluding hydrogens is 338 g/mol. The molecule has 0 spiro atoms. The molecule has 23 heavy (non-hydrogen) atoms. The Balaban J connectivity index is 1.92. The number of carbonyl (C=O) groups is 1. The highest BCUT2D eigenvalue weighted by Crippen LogP contribution is 2.36. The molecule has 124 valence electrons. The van der Waals surface area contributed by atoms with Crippen LogP contribution in [0.3, 0.4) is 0 Å². The van der Waals surface area contributed by atoms with Crippen LogP contribution in [-0.4, -0.2) is 39.4 Å². The van der Waals surface area contributed by atoms with Crippen LogP contribution in [0.2, 0.25) is 5.15 Å². The van der Waals surface area contributed by atoms with E-state index in [1.165, 1.54) is 18.4 Å². The summed E-state index contributed by atoms with van der Waals surface area (Å²) in [4.78, 5) is 18.4. The molecule has 1 atom stereocenters. The van der Waals surface area contributed by atoms with Crippen LogP contribution >= 0.6 is 22.9 Å². The molecule has 0 aliphatic carbocycles. The van der Waals surface area contributed by atoms with Gasteiger partial charge in [-0.3, -0.25) is 0 Å². The molecule has 0 bridgehead atoms. The van der Waals surface area contributed by atoms with Gasteiger partial charge >= 0.3 is 5.97 Å². The molecule has 2 aromatic heterocycles. The maximum Gasteiger partial charge on any atom is 0.351 e. The summed E-state index contributed by atoms with van der Waals surface area (Å²) in [5.41, 5.74) is 0. The van der Waals surface area contributed by atoms with E-state index in [1.807, 2.05) is 0 Å². The lowest BCUT2D eigenvalue weighted by Gasteiger charge is -2.33. The molecule has 0 fully saturated rings. The van der Waals surface area contributed by atoms with E-state index in [2.05, 4.69) is 45.4 Å². The lowest BCUT2D eigenvalue weighted by molar-refractivity contribution is 0.0606. The van der Waals surface area contributed by atoms with Crippen LogP contribution < -0.4 is 4.90 Å². The standard InChI is InChI=1S/C14H18ClN5O2S/c1-7(2)11-17-18-12-8(3)19(5-6-20(11)12)14-16-10(15)9(23-14)13(21)22-4/h7-8H,5-6H2,1-4H3. The molecule has 1 unspecified atom stereocenters. The lowest BCUT2D eigenvalue weighted by atomic mass is 10.1. The Morgan fingerprint density at radius 3 is 2.78 bits per heavy atom. The molecule has 0 saturated heterocycles. The third-order valence-corrected chi connectivity index (χ3v) is 5.38. The Morgan fingerprint density at radius 2 is 2.13 bits per heavy atom. The topological polar surface area (TPSA) is 73.1 Å². The lowest BCUT2D eigenvalue weighted by Crippen LogP contribution is -2.37. The largest absolute Gasteiger partial charge is 0.465 e. The van der Waals surface area contributed by atoms with Gasteiger partial charge in [-0.05, 0) is 6.92 Å². The van der Waals surface area contributed by atoms with Crippen molar-refractivity contribution < 1.29 is 9.53 Å². The maximum atomic E-state index is 11.7. The number of aromatic nitrogens is 4. The Labute approximate surface area is 143 Å². The van der Waals surface area contributed by atoms with Gasteiger partial charge in [0.05, 0.1) is 13.2 Å². The predicted molar refractivity (Wildman–Crippen MR) is 88.3 cm³/mol. The van der Waals surface area contributed by atoms with Gasteiger partial charge in [-0.15, -0.1) is 10.2 Å². The number of thiazole rings is 1. The van der Waals surface area contributed by atoms with Crippen molar-refractivity contribution in [2.75, 3.05) is 18.6 Å². The summed E-state index contributed by atoms with van der Waals surface area (Å²) >= 11 is 7.31. The van der Waals surface area contributed by atoms with Crippen LogP contribution in [0.25, 0.3) is 0 Å². The Morgan fingerprint density at radius 1 is 1.39 bits per heavy atom. The first-order valence-electron chi connectivity index (χ1n) is 7.38. The minimum Gasteiger partial charge on any atom is -0.465 e. The van der Waals surface area contributed by atoms with Crippen molar-refractivity contribution in [2.45, 2.75) is 39.3 Å². The minimum atomic E-state index is -0.464. The second kappa shape index (κ2) is 6.09. The van der Waals surface area contributed by atoms with E-state index in [1.54, 1.807) is 0 Å². The van der Waals surface area contributed by atoms with E-state index >= 15 is 0 Å². The van der Waals surface area contributed by atoms with Gasteiger partial charge in [0.15, 0.2) is 21.0 Å². The zero-order valence-electron chi connectivity index (χ0n) is 13.4. The van der Waals surface area contributed by atoms with Crippen molar-refractivity contribution >= 4 is 34.0 Å². The number of rotatable bonds is 3. The van der Waals surface area contributed by atoms with Crippen LogP contribution in [-0.2, 0) is 11.3 Å². The first-order chi connectivity index (χ1) is 10.9. The van der Waals surface area contributed by atoms with Crippen molar-refractivity contribution in [3.63, 3.8) is 0 Å². The zero-order chi connectivity index (χ0) is 16.7. The SMILES string of the molecule is COC(=O)c1sc(N2CCn3c(C(C)C)nnc3C2C)nc1Cl. The number of halogens is 1. The van der Waals surface area contributed by atoms with Gasteiger partial charge in [0.1, 0.15) is 5.82 Å². The average Bonchev–Trinajstić information content (AvgIpc) is 3.11. The van der Waals surface area contributed by atoms with Gasteiger partial charge in [0, 0.05) is 19.0 Å². The third kappa shape index (κ3) is 2.70. The average molecular weight is 356 g/mol. The number of anilines is 1. The molecular formula is C14H18ClN5O2S. The smallest absolute Gasteiger partial charge is 0.351 e. The predicted octanol–water partition coefficient (Wildman–Crippen LogP) is 2.88. The third-order valence-electron chi connectivity index (χ3n) is 3.92. The maximum absolute atomic E-state index is 11.7. The first kappa shape index (κ1) is 16.2. The second-order valence-electron chi connectivity index (χ2n) is 5.70. The molecule has 3 heterocycles. The van der Waals surface area contributed by atoms with E-state index in [0.29, 0.717) is 15.9 Å². The summed E-state index contributed by atoms with van der Waals surface area (Å²) in [7, 11) is 1.33. The molecule has 0 radical (unpaired) electrons. The van der Waals surface area contributed by atoms with Crippen molar-refractivity contribution in [1.82, 2.24) is 19.7 Å². The normalized spacial score (nSPS) is 17.5. The van der Waals surface area contributed by atoms with Gasteiger partial charge in [-0.25, -0.2) is 9.78 Å². The fourth-order valence-corrected chi connectivity index (χ4v) is 4.03. The summed E-state index contributed by atoms with van der Waals surface area (Å²) in [5.74, 6) is 1.77. The number of methoxy groups -OCH3 is 1. The number of hydrogen-bond acceptors (Lipinski definition) is 7. The second-order valence-corrected chi connectivity index (χ2v) is 7.04. The van der Waals surface area contributed by atoms with Crippen molar-refractivity contribution in [2.24, 2.45) is 0 Å². The van der Waals surface area contributed by atoms with Gasteiger partial charge in [-0.1, -0.05) is 36.8 Å². The summed E-state index contributed by atoms with van der Waals surface area (Å²) in [5, 5.41) is 9.53. The fourth-order valence-electron chi connectivity index (χ4n) is 2.73. The molecule has 0 amide bonds. The van der Waals surface area contributed by atoms with Gasteiger partial charge < -0.3 is 14.2 Å². The highest BCUT2D eigenvalue weighted by atomic mass is 35.5. The first-order valence-corrected chi connectivity index (χ1v) is 8.57. The van der Waals surface area contributed by atoms with E-state index < -0.39 is 5.97 Å². The summed E-state index contributed by atoms with van der Waals surface area (Å²) < 4.78 is 6.90. The Hall–Kier alpha value is -1.67. The van der Waals surface area contributed by atoms with Crippen molar-refractivity contribution in [1.29, 1.82) is 0 Å². The van der Waals surface area contributed by atoms with Crippen LogP contribution in [0, 0.1) is 0 Å². The molecule has 9 heteroatoms. The number of carbonyl (C=O) groups excluding carboxylic acids is 1. The number of esters is 1. The van der Waals surface area contributed by atoms with E-state index in [4.69, 9.17) is 16.3 Å². The number of hydrogen-bond donors (Lipinski definition) is 0. The molecule has 1 aliphatic heterocycles. The summed E-state index contributed by atoms with van der Waals surface area (Å²) in [6, 6.07) is 0.0106. The van der Waals surface area contributed by atoms with Crippen LogP contribution in [0.15, 0.2) is 0 Å². The van der Waals surface area contributed by atoms with Gasteiger partial charge in [0.2, 0.25) is 0 Å². The molecule has 0 saturated carbocycles. The van der Waals surface area contributed by atoms with E-state index in [-0.39, 0.29) is 11.2 Å². The van der Waals surface area contributed by atoms with Crippen molar-refractivity contribution in [3.05, 3.63) is 21.7 Å². The van der Waals surface area contributed by atoms with Gasteiger partial charge in [-0.2, -0.15) is 0 Å². The molecule has 0 aromatic carbocycles. The number of fused-ring (bicyclic) bond motifs is 1. The summed E-state index contributed by atoms with van der Waals surface area (Å²) in [6.45, 7) is 7.81. The molecule has 1 aliphatic rings. The Bertz CT molecular complexity index is 742. The molecule has 2 aromatic rings. The molecule has 0 N–H and O–H groups in total. The van der Waals surface area contributed by atoms with Gasteiger partial charge in [0.25, 0.3) is 0 Å². The summed E-state index contributed by atoms with van der Waals surface area (Å²) in [6.07, 6.45) is 0. The number of nitrogens with zero attached hydrogens (tertiary/aromatic N) is 5. The monoisotopic (exact) mass is 355 g/mol. The number of ether oxygens (including phenoxy) is 1. The van der Waals surface area contributed by atoms with Crippen LogP contribution in [0.1, 0.15) is 54.1 Å². The quantitative estimate of drug-likeness (QED) is 0.788. The zero-order valence-corrected chi connectivity index (χ0v) is 15.0. The highest BCUT2D eigenvalue weighted by molar-refractivity contribution is 7.18. The minimum absolute atomic E-state index is 0.0106. The Kier molecular flexibility index (Phi) is 4.29. The van der Waals surface area contributed by atoms with Crippen LogP contribution in [0.5, 0.6) is 0 Å². The highest BCUT2D eigenvalue weighted by Gasteiger charge is 2.31. The van der Waals surface area contributed by atoms with Crippen LogP contribution in [0.4, 0.5) is 5.13 Å². The molecule has 3 rings (SSSR count). The van der Waals surface area contributed by atoms with E-state index in [9.17, 15) is 4.79 Å². The fraction of sp³-hybridized carbons (Fsp3) is 0.571. The van der Waals surface area contributed by atoms with E-state index in [0.717, 1.165) is 24.7 Å².